The van der Waals surface area contributed by atoms with Crippen LogP contribution >= 0.6 is 0 Å². The largest absolute Gasteiger partial charge is 0.369 e. The number of nitrogens with two attached hydrogens (primary N) is 1. The average molecular weight is 214 g/mol. The quantitative estimate of drug-likeness (QED) is 0.369. The van der Waals surface area contributed by atoms with Crippen molar-refractivity contribution in [3.8, 4) is 0 Å². The molecule has 0 aliphatic carbocycles. The molecule has 0 aromatic heterocycles. The smallest absolute Gasteiger partial charge is 0.349 e. The highest BCUT2D eigenvalue weighted by Gasteiger charge is 2.00. The summed E-state index contributed by atoms with van der Waals surface area (Å²) < 4.78 is 24.0. The summed E-state index contributed by atoms with van der Waals surface area (Å²) in [6, 6.07) is 3.95. The number of carbonyl (C=O) groups is 1. The van der Waals surface area contributed by atoms with Crippen LogP contribution < -0.4 is 16.6 Å². The van der Waals surface area contributed by atoms with Gasteiger partial charge in [-0.1, -0.05) is 4.48 Å². The Morgan fingerprint density at radius 1 is 1.33 bits per heavy atom. The van der Waals surface area contributed by atoms with Gasteiger partial charge in [0.15, 0.2) is 0 Å². The summed E-state index contributed by atoms with van der Waals surface area (Å²) in [4.78, 5) is 14.1. The third-order valence-electron chi connectivity index (χ3n) is 1.40. The summed E-state index contributed by atoms with van der Waals surface area (Å²) in [7, 11) is 0. The minimum atomic E-state index is -1.13. The van der Waals surface area contributed by atoms with Gasteiger partial charge in [-0.05, 0) is 24.3 Å². The van der Waals surface area contributed by atoms with E-state index in [2.05, 4.69) is 4.99 Å². The first kappa shape index (κ1) is 10.9. The highest BCUT2D eigenvalue weighted by Crippen LogP contribution is 2.11. The highest BCUT2D eigenvalue weighted by atomic mass is 19.2. The van der Waals surface area contributed by atoms with Gasteiger partial charge in [-0.15, -0.1) is 0 Å². The van der Waals surface area contributed by atoms with Gasteiger partial charge in [0.1, 0.15) is 5.82 Å². The summed E-state index contributed by atoms with van der Waals surface area (Å²) in [5, 5.41) is 1.90. The number of guanidine groups is 1. The van der Waals surface area contributed by atoms with Gasteiger partial charge in [0.25, 0.3) is 0 Å². The van der Waals surface area contributed by atoms with Crippen LogP contribution in [0.4, 0.5) is 19.4 Å². The average Bonchev–Trinajstić information content (AvgIpc) is 2.21. The van der Waals surface area contributed by atoms with Crippen molar-refractivity contribution < 1.29 is 13.7 Å². The third kappa shape index (κ3) is 3.59. The molecule has 0 fully saturated rings. The van der Waals surface area contributed by atoms with Crippen molar-refractivity contribution in [1.82, 2.24) is 10.9 Å². The summed E-state index contributed by atoms with van der Waals surface area (Å²) in [6.07, 6.45) is 0. The molecule has 0 aliphatic rings. The number of halogens is 2. The van der Waals surface area contributed by atoms with Crippen molar-refractivity contribution in [3.05, 3.63) is 30.1 Å². The first-order valence-corrected chi connectivity index (χ1v) is 3.89. The normalized spacial score (nSPS) is 10.9. The summed E-state index contributed by atoms with van der Waals surface area (Å²) >= 11 is 0. The molecular weight excluding hydrogens is 206 g/mol. The second-order valence-corrected chi connectivity index (χ2v) is 2.52. The molecule has 5 nitrogen and oxygen atoms in total. The SMILES string of the molecule is NC(=Nc1ccc(F)cc1)NC(=O)NF. The number of amides is 2. The molecule has 1 aromatic carbocycles. The molecular formula is C8H8F2N4O. The van der Waals surface area contributed by atoms with E-state index in [0.29, 0.717) is 5.69 Å². The van der Waals surface area contributed by atoms with E-state index in [1.54, 1.807) is 0 Å². The number of aliphatic imine (C=N–C) groups is 1. The fraction of sp³-hybridized carbons (Fsp3) is 0. The predicted octanol–water partition coefficient (Wildman–Crippen LogP) is 0.956. The summed E-state index contributed by atoms with van der Waals surface area (Å²) in [5.41, 5.74) is 6.40. The van der Waals surface area contributed by atoms with Crippen LogP contribution in [0.2, 0.25) is 0 Å². The zero-order chi connectivity index (χ0) is 11.3. The van der Waals surface area contributed by atoms with E-state index >= 15 is 0 Å². The molecule has 4 N–H and O–H groups in total. The van der Waals surface area contributed by atoms with Crippen LogP contribution in [0.5, 0.6) is 0 Å². The summed E-state index contributed by atoms with van der Waals surface area (Å²) in [5.74, 6) is -0.709. The first-order valence-electron chi connectivity index (χ1n) is 3.89. The molecule has 0 heterocycles. The van der Waals surface area contributed by atoms with Crippen LogP contribution in [0.1, 0.15) is 0 Å². The van der Waals surface area contributed by atoms with E-state index in [9.17, 15) is 13.7 Å². The van der Waals surface area contributed by atoms with Crippen molar-refractivity contribution in [2.75, 3.05) is 0 Å². The van der Waals surface area contributed by atoms with E-state index in [1.807, 2.05) is 5.32 Å². The van der Waals surface area contributed by atoms with E-state index in [-0.39, 0.29) is 5.96 Å². The molecule has 15 heavy (non-hydrogen) atoms. The van der Waals surface area contributed by atoms with Crippen molar-refractivity contribution in [3.63, 3.8) is 0 Å². The van der Waals surface area contributed by atoms with Gasteiger partial charge < -0.3 is 5.73 Å². The number of carbonyl (C=O) groups excluding carboxylic acids is 1. The van der Waals surface area contributed by atoms with Crippen LogP contribution in [0.25, 0.3) is 0 Å². The lowest BCUT2D eigenvalue weighted by Crippen LogP contribution is -2.40. The van der Waals surface area contributed by atoms with Gasteiger partial charge in [0.05, 0.1) is 5.69 Å². The van der Waals surface area contributed by atoms with Crippen molar-refractivity contribution in [2.45, 2.75) is 0 Å². The van der Waals surface area contributed by atoms with Gasteiger partial charge >= 0.3 is 6.03 Å². The molecule has 0 bridgehead atoms. The molecule has 0 saturated heterocycles. The fourth-order valence-electron chi connectivity index (χ4n) is 0.823. The molecule has 1 aromatic rings. The molecule has 1 rings (SSSR count). The van der Waals surface area contributed by atoms with Crippen LogP contribution in [0, 0.1) is 5.82 Å². The fourth-order valence-corrected chi connectivity index (χ4v) is 0.823. The van der Waals surface area contributed by atoms with Crippen LogP contribution in [0.15, 0.2) is 29.3 Å². The molecule has 0 unspecified atom stereocenters. The minimum absolute atomic E-state index is 0.295. The number of rotatable bonds is 1. The second-order valence-electron chi connectivity index (χ2n) is 2.52. The number of hydrogen-bond donors (Lipinski definition) is 3. The lowest BCUT2D eigenvalue weighted by atomic mass is 10.3. The highest BCUT2D eigenvalue weighted by molar-refractivity contribution is 5.95. The van der Waals surface area contributed by atoms with Crippen molar-refractivity contribution in [1.29, 1.82) is 0 Å². The van der Waals surface area contributed by atoms with Gasteiger partial charge in [-0.25, -0.2) is 14.2 Å². The molecule has 0 aliphatic heterocycles. The van der Waals surface area contributed by atoms with Crippen molar-refractivity contribution >= 4 is 17.7 Å². The number of nitrogens with zero attached hydrogens (tertiary/aromatic N) is 1. The number of hydrogen-bond acceptors (Lipinski definition) is 2. The predicted molar refractivity (Wildman–Crippen MR) is 50.5 cm³/mol. The van der Waals surface area contributed by atoms with Gasteiger partial charge in [-0.3, -0.25) is 5.32 Å². The summed E-state index contributed by atoms with van der Waals surface area (Å²) in [6.45, 7) is 0. The van der Waals surface area contributed by atoms with Crippen molar-refractivity contribution in [2.24, 2.45) is 10.7 Å². The zero-order valence-corrected chi connectivity index (χ0v) is 7.50. The number of benzene rings is 1. The maximum atomic E-state index is 12.5. The van der Waals surface area contributed by atoms with Gasteiger partial charge in [0.2, 0.25) is 5.96 Å². The van der Waals surface area contributed by atoms with Crippen LogP contribution in [-0.2, 0) is 0 Å². The molecule has 80 valence electrons. The number of urea groups is 1. The van der Waals surface area contributed by atoms with Gasteiger partial charge in [0, 0.05) is 0 Å². The Bertz CT molecular complexity index is 377. The Hall–Kier alpha value is -2.18. The Balaban J connectivity index is 2.70. The maximum Gasteiger partial charge on any atom is 0.349 e. The first-order chi connectivity index (χ1) is 7.11. The number of nitrogens with one attached hydrogen (secondary N) is 2. The van der Waals surface area contributed by atoms with Crippen LogP contribution in [0.3, 0.4) is 0 Å². The Kier molecular flexibility index (Phi) is 3.55. The maximum absolute atomic E-state index is 12.5. The molecule has 0 radical (unpaired) electrons. The lowest BCUT2D eigenvalue weighted by Gasteiger charge is -2.01. The Morgan fingerprint density at radius 2 is 1.93 bits per heavy atom. The second kappa shape index (κ2) is 4.89. The topological polar surface area (TPSA) is 79.5 Å². The molecule has 2 amide bonds. The zero-order valence-electron chi connectivity index (χ0n) is 7.50. The minimum Gasteiger partial charge on any atom is -0.369 e. The van der Waals surface area contributed by atoms with E-state index in [0.717, 1.165) is 5.54 Å². The Morgan fingerprint density at radius 3 is 2.47 bits per heavy atom. The standard InChI is InChI=1S/C8H8F2N4O/c9-5-1-3-6(4-2-5)12-7(11)13-8(15)14-10/h1-4H,(H4,11,12,13,14,15). The molecule has 7 heteroatoms. The lowest BCUT2D eigenvalue weighted by molar-refractivity contribution is 0.222. The monoisotopic (exact) mass is 214 g/mol. The molecule has 0 saturated carbocycles. The molecule has 0 atom stereocenters. The third-order valence-corrected chi connectivity index (χ3v) is 1.40. The van der Waals surface area contributed by atoms with E-state index < -0.39 is 11.8 Å². The Labute approximate surface area is 83.9 Å². The molecule has 0 spiro atoms. The van der Waals surface area contributed by atoms with Crippen LogP contribution in [-0.4, -0.2) is 12.0 Å². The van der Waals surface area contributed by atoms with Gasteiger partial charge in [-0.2, -0.15) is 5.54 Å². The van der Waals surface area contributed by atoms with E-state index in [4.69, 9.17) is 5.73 Å². The van der Waals surface area contributed by atoms with E-state index in [1.165, 1.54) is 24.3 Å².